The van der Waals surface area contributed by atoms with Crippen molar-refractivity contribution in [1.82, 2.24) is 4.57 Å². The van der Waals surface area contributed by atoms with E-state index in [-0.39, 0.29) is 12.2 Å². The maximum Gasteiger partial charge on any atom is 0.416 e. The number of thioether (sulfide) groups is 1. The summed E-state index contributed by atoms with van der Waals surface area (Å²) >= 11 is 1.75. The Morgan fingerprint density at radius 2 is 1.67 bits per heavy atom. The topological polar surface area (TPSA) is 88.5 Å². The van der Waals surface area contributed by atoms with Crippen LogP contribution in [0.3, 0.4) is 0 Å². The number of hydrogen-bond acceptors (Lipinski definition) is 6. The highest BCUT2D eigenvalue weighted by molar-refractivity contribution is 8.00. The smallest absolute Gasteiger partial charge is 0.324 e. The first-order valence-corrected chi connectivity index (χ1v) is 14.7. The minimum atomic E-state index is -4.70. The number of hydrogen-bond donors (Lipinski definition) is 1. The Morgan fingerprint density at radius 1 is 0.953 bits per heavy atom. The summed E-state index contributed by atoms with van der Waals surface area (Å²) in [5.41, 5.74) is 0.582. The van der Waals surface area contributed by atoms with Crippen molar-refractivity contribution in [2.75, 3.05) is 10.2 Å². The van der Waals surface area contributed by atoms with Gasteiger partial charge in [-0.3, -0.25) is 23.7 Å². The molecule has 4 aromatic rings. The molecule has 1 aromatic heterocycles. The van der Waals surface area contributed by atoms with Crippen molar-refractivity contribution in [3.8, 4) is 0 Å². The zero-order valence-corrected chi connectivity index (χ0v) is 23.9. The number of carbonyl (C=O) groups is 3. The summed E-state index contributed by atoms with van der Waals surface area (Å²) in [6, 6.07) is 16.3. The minimum absolute atomic E-state index is 0.226. The molecule has 13 heteroatoms. The molecule has 1 N–H and O–H groups in total. The molecule has 3 atom stereocenters. The lowest BCUT2D eigenvalue weighted by Gasteiger charge is -2.30. The summed E-state index contributed by atoms with van der Waals surface area (Å²) < 4.78 is 55.5. The molecule has 0 bridgehead atoms. The molecule has 2 aliphatic heterocycles. The molecular formula is C30H21F4N3O4S2. The molecule has 6 rings (SSSR count). The number of anilines is 2. The van der Waals surface area contributed by atoms with Gasteiger partial charge in [0.25, 0.3) is 0 Å². The van der Waals surface area contributed by atoms with Crippen LogP contribution in [0.15, 0.2) is 82.6 Å². The molecule has 1 fully saturated rings. The van der Waals surface area contributed by atoms with Crippen LogP contribution in [0.5, 0.6) is 0 Å². The van der Waals surface area contributed by atoms with E-state index in [0.717, 1.165) is 51.8 Å². The van der Waals surface area contributed by atoms with Crippen molar-refractivity contribution < 1.29 is 31.9 Å². The molecule has 43 heavy (non-hydrogen) atoms. The average Bonchev–Trinajstić information content (AvgIpc) is 3.40. The molecule has 220 valence electrons. The Labute approximate surface area is 250 Å². The Morgan fingerprint density at radius 3 is 2.37 bits per heavy atom. The quantitative estimate of drug-likeness (QED) is 0.223. The summed E-state index contributed by atoms with van der Waals surface area (Å²) in [4.78, 5) is 54.5. The summed E-state index contributed by atoms with van der Waals surface area (Å²) in [6.45, 7) is 1.44. The van der Waals surface area contributed by atoms with Crippen molar-refractivity contribution in [2.24, 2.45) is 5.92 Å². The first-order valence-electron chi connectivity index (χ1n) is 13.0. The van der Waals surface area contributed by atoms with Crippen LogP contribution in [0.4, 0.5) is 28.9 Å². The summed E-state index contributed by atoms with van der Waals surface area (Å²) in [6.07, 6.45) is -4.70. The number of aryl methyl sites for hydroxylation is 1. The van der Waals surface area contributed by atoms with Gasteiger partial charge in [0.05, 0.1) is 22.2 Å². The number of alkyl halides is 3. The molecule has 0 aliphatic carbocycles. The Kier molecular flexibility index (Phi) is 7.25. The second-order valence-corrected chi connectivity index (χ2v) is 12.3. The van der Waals surface area contributed by atoms with Gasteiger partial charge in [-0.2, -0.15) is 13.2 Å². The van der Waals surface area contributed by atoms with Gasteiger partial charge in [0, 0.05) is 16.5 Å². The van der Waals surface area contributed by atoms with E-state index >= 15 is 0 Å². The van der Waals surface area contributed by atoms with Crippen LogP contribution in [-0.4, -0.2) is 27.5 Å². The molecule has 2 aliphatic rings. The van der Waals surface area contributed by atoms with E-state index in [1.54, 1.807) is 12.1 Å². The van der Waals surface area contributed by atoms with E-state index in [2.05, 4.69) is 5.32 Å². The number of rotatable bonds is 5. The number of aromatic nitrogens is 1. The average molecular weight is 628 g/mol. The first-order chi connectivity index (χ1) is 20.4. The van der Waals surface area contributed by atoms with E-state index < -0.39 is 57.2 Å². The van der Waals surface area contributed by atoms with Crippen LogP contribution >= 0.6 is 23.1 Å². The lowest BCUT2D eigenvalue weighted by atomic mass is 9.83. The second-order valence-electron chi connectivity index (χ2n) is 10.1. The number of imide groups is 1. The monoisotopic (exact) mass is 627 g/mol. The van der Waals surface area contributed by atoms with Crippen LogP contribution in [0.25, 0.3) is 0 Å². The van der Waals surface area contributed by atoms with Crippen molar-refractivity contribution in [1.29, 1.82) is 0 Å². The standard InChI is InChI=1S/C30H21F4N3O4S2/c1-15-5-2-3-8-20(15)35-21(38)14-36-28-25(43-29(36)41)22(16-9-11-18(31)12-10-16)23-24(42-28)27(40)37(26(23)39)19-7-4-6-17(13-19)30(32,33)34/h2-13,22-24H,14H2,1H3,(H,35,38). The fourth-order valence-electron chi connectivity index (χ4n) is 5.41. The van der Waals surface area contributed by atoms with Crippen LogP contribution in [0, 0.1) is 18.7 Å². The van der Waals surface area contributed by atoms with Gasteiger partial charge in [-0.15, -0.1) is 0 Å². The highest BCUT2D eigenvalue weighted by Gasteiger charge is 2.57. The first kappa shape index (κ1) is 28.9. The molecule has 7 nitrogen and oxygen atoms in total. The number of halogens is 4. The van der Waals surface area contributed by atoms with E-state index in [0.29, 0.717) is 21.2 Å². The van der Waals surface area contributed by atoms with E-state index in [4.69, 9.17) is 0 Å². The molecular weight excluding hydrogens is 606 g/mol. The normalized spacial score (nSPS) is 19.7. The Bertz CT molecular complexity index is 1830. The molecule has 0 saturated carbocycles. The zero-order valence-electron chi connectivity index (χ0n) is 22.2. The van der Waals surface area contributed by atoms with Gasteiger partial charge in [-0.25, -0.2) is 9.29 Å². The van der Waals surface area contributed by atoms with Crippen LogP contribution in [-0.2, 0) is 27.1 Å². The van der Waals surface area contributed by atoms with Crippen molar-refractivity contribution in [2.45, 2.75) is 35.8 Å². The number of nitrogens with one attached hydrogen (secondary N) is 1. The van der Waals surface area contributed by atoms with Gasteiger partial charge in [-0.1, -0.05) is 59.5 Å². The molecule has 1 saturated heterocycles. The SMILES string of the molecule is Cc1ccccc1NC(=O)Cn1c2c(sc1=O)C(c1ccc(F)cc1)C1C(=O)N(c3cccc(C(F)(F)F)c3)C(=O)C1S2. The fourth-order valence-corrected chi connectivity index (χ4v) is 8.18. The predicted molar refractivity (Wildman–Crippen MR) is 154 cm³/mol. The summed E-state index contributed by atoms with van der Waals surface area (Å²) in [5.74, 6) is -4.47. The van der Waals surface area contributed by atoms with Crippen LogP contribution < -0.4 is 15.1 Å². The molecule has 0 radical (unpaired) electrons. The van der Waals surface area contributed by atoms with Gasteiger partial charge < -0.3 is 5.32 Å². The number of nitrogens with zero attached hydrogens (tertiary/aromatic N) is 2. The third kappa shape index (κ3) is 5.16. The highest BCUT2D eigenvalue weighted by Crippen LogP contribution is 2.54. The van der Waals surface area contributed by atoms with E-state index in [1.165, 1.54) is 34.9 Å². The third-order valence-corrected chi connectivity index (χ3v) is 10.0. The highest BCUT2D eigenvalue weighted by atomic mass is 32.2. The minimum Gasteiger partial charge on any atom is -0.324 e. The number of carbonyl (C=O) groups excluding carboxylic acids is 3. The number of para-hydroxylation sites is 1. The van der Waals surface area contributed by atoms with Gasteiger partial charge in [0.1, 0.15) is 17.6 Å². The van der Waals surface area contributed by atoms with Crippen molar-refractivity contribution in [3.63, 3.8) is 0 Å². The largest absolute Gasteiger partial charge is 0.416 e. The number of amides is 3. The number of fused-ring (bicyclic) bond motifs is 2. The lowest BCUT2D eigenvalue weighted by molar-refractivity contribution is -0.137. The molecule has 3 aromatic carbocycles. The van der Waals surface area contributed by atoms with E-state index in [9.17, 15) is 36.7 Å². The van der Waals surface area contributed by atoms with Crippen molar-refractivity contribution >= 4 is 52.2 Å². The summed E-state index contributed by atoms with van der Waals surface area (Å²) in [7, 11) is 0. The third-order valence-electron chi connectivity index (χ3n) is 7.43. The van der Waals surface area contributed by atoms with Crippen LogP contribution in [0.1, 0.15) is 27.5 Å². The molecule has 3 heterocycles. The van der Waals surface area contributed by atoms with Gasteiger partial charge in [0.15, 0.2) is 0 Å². The maximum atomic E-state index is 13.9. The number of benzene rings is 3. The van der Waals surface area contributed by atoms with Crippen LogP contribution in [0.2, 0.25) is 0 Å². The summed E-state index contributed by atoms with van der Waals surface area (Å²) in [5, 5.41) is 1.97. The predicted octanol–water partition coefficient (Wildman–Crippen LogP) is 5.81. The Hall–Kier alpha value is -4.23. The van der Waals surface area contributed by atoms with Gasteiger partial charge >= 0.3 is 11.0 Å². The zero-order chi connectivity index (χ0) is 30.6. The molecule has 3 unspecified atom stereocenters. The molecule has 0 spiro atoms. The second kappa shape index (κ2) is 10.8. The van der Waals surface area contributed by atoms with Gasteiger partial charge in [-0.05, 0) is 54.4 Å². The number of thiazole rings is 1. The Balaban J connectivity index is 1.41. The molecule has 3 amide bonds. The maximum absolute atomic E-state index is 13.9. The van der Waals surface area contributed by atoms with Crippen molar-refractivity contribution in [3.05, 3.63) is 110 Å². The fraction of sp³-hybridized carbons (Fsp3) is 0.200. The van der Waals surface area contributed by atoms with Gasteiger partial charge in [0.2, 0.25) is 17.7 Å². The lowest BCUT2D eigenvalue weighted by Crippen LogP contribution is -2.33. The van der Waals surface area contributed by atoms with E-state index in [1.807, 2.05) is 19.1 Å².